The van der Waals surface area contributed by atoms with Gasteiger partial charge in [-0.05, 0) is 42.4 Å². The van der Waals surface area contributed by atoms with Crippen molar-refractivity contribution < 1.29 is 0 Å². The summed E-state index contributed by atoms with van der Waals surface area (Å²) in [5.41, 5.74) is 2.65. The highest BCUT2D eigenvalue weighted by Crippen LogP contribution is 2.59. The van der Waals surface area contributed by atoms with E-state index in [-0.39, 0.29) is 36.5 Å². The van der Waals surface area contributed by atoms with Gasteiger partial charge in [0.05, 0.1) is 6.54 Å². The first-order valence-electron chi connectivity index (χ1n) is 12.2. The second kappa shape index (κ2) is 10.3. The Morgan fingerprint density at radius 3 is 1.45 bits per heavy atom. The summed E-state index contributed by atoms with van der Waals surface area (Å²) in [6, 6.07) is 17.9. The predicted octanol–water partition coefficient (Wildman–Crippen LogP) is 8.71. The van der Waals surface area contributed by atoms with Gasteiger partial charge in [0, 0.05) is 6.21 Å². The van der Waals surface area contributed by atoms with Crippen LogP contribution in [0.5, 0.6) is 0 Å². The Kier molecular flexibility index (Phi) is 8.80. The standard InChI is InChI=1S/C30H47NP2/c1-27(2,3)32(28(4,5)6)25-19-15-13-17-23(25)21-31-22-24-18-14-16-20-26(24)33(29(7,8)9)30(10,11)12/h13-21H,22H2,1-12H3. The molecule has 0 bridgehead atoms. The van der Waals surface area contributed by atoms with Gasteiger partial charge in [-0.25, -0.2) is 0 Å². The molecule has 182 valence electrons. The molecule has 0 saturated carbocycles. The normalized spacial score (nSPS) is 14.0. The molecule has 2 rings (SSSR count). The fraction of sp³-hybridized carbons (Fsp3) is 0.567. The zero-order valence-corrected chi connectivity index (χ0v) is 25.0. The maximum atomic E-state index is 5.02. The number of benzene rings is 2. The first-order valence-corrected chi connectivity index (χ1v) is 14.9. The molecule has 0 heterocycles. The molecule has 0 aliphatic carbocycles. The molecule has 0 aliphatic rings. The zero-order chi connectivity index (χ0) is 25.2. The first kappa shape index (κ1) is 28.2. The number of nitrogens with zero attached hydrogens (tertiary/aromatic N) is 1. The lowest BCUT2D eigenvalue weighted by Crippen LogP contribution is -2.32. The quantitative estimate of drug-likeness (QED) is 0.298. The topological polar surface area (TPSA) is 12.4 Å². The minimum Gasteiger partial charge on any atom is -0.288 e. The first-order chi connectivity index (χ1) is 14.9. The molecule has 2 aromatic rings. The lowest BCUT2D eigenvalue weighted by molar-refractivity contribution is 0.714. The van der Waals surface area contributed by atoms with Crippen molar-refractivity contribution in [1.82, 2.24) is 0 Å². The monoisotopic (exact) mass is 483 g/mol. The van der Waals surface area contributed by atoms with Crippen LogP contribution in [0.25, 0.3) is 0 Å². The van der Waals surface area contributed by atoms with Crippen LogP contribution in [0, 0.1) is 0 Å². The molecule has 0 spiro atoms. The van der Waals surface area contributed by atoms with Crippen LogP contribution >= 0.6 is 15.8 Å². The van der Waals surface area contributed by atoms with Crippen molar-refractivity contribution in [3.05, 3.63) is 59.7 Å². The van der Waals surface area contributed by atoms with E-state index >= 15 is 0 Å². The number of hydrogen-bond acceptors (Lipinski definition) is 1. The Morgan fingerprint density at radius 2 is 0.970 bits per heavy atom. The molecular weight excluding hydrogens is 436 g/mol. The zero-order valence-electron chi connectivity index (χ0n) is 23.2. The molecule has 2 aromatic carbocycles. The van der Waals surface area contributed by atoms with Gasteiger partial charge in [0.1, 0.15) is 0 Å². The van der Waals surface area contributed by atoms with E-state index in [9.17, 15) is 0 Å². The molecule has 3 heteroatoms. The highest BCUT2D eigenvalue weighted by Gasteiger charge is 2.37. The van der Waals surface area contributed by atoms with Gasteiger partial charge in [-0.2, -0.15) is 0 Å². The average molecular weight is 484 g/mol. The van der Waals surface area contributed by atoms with E-state index < -0.39 is 0 Å². The second-order valence-corrected chi connectivity index (χ2v) is 20.7. The summed E-state index contributed by atoms with van der Waals surface area (Å²) in [5.74, 6) is 0. The Labute approximate surface area is 207 Å². The summed E-state index contributed by atoms with van der Waals surface area (Å²) in [6.45, 7) is 29.4. The second-order valence-electron chi connectivity index (χ2n) is 13.0. The summed E-state index contributed by atoms with van der Waals surface area (Å²) in [5, 5.41) is 3.93. The molecular formula is C30H47NP2. The fourth-order valence-corrected chi connectivity index (χ4v) is 13.6. The van der Waals surface area contributed by atoms with E-state index in [1.165, 1.54) is 21.7 Å². The van der Waals surface area contributed by atoms with Gasteiger partial charge >= 0.3 is 0 Å². The lowest BCUT2D eigenvalue weighted by atomic mass is 10.2. The minimum absolute atomic E-state index is 0.235. The smallest absolute Gasteiger partial charge is 0.0646 e. The van der Waals surface area contributed by atoms with Gasteiger partial charge in [-0.1, -0.05) is 147 Å². The number of aliphatic imine (C=N–C) groups is 1. The minimum atomic E-state index is -0.365. The molecule has 0 unspecified atom stereocenters. The maximum Gasteiger partial charge on any atom is 0.0646 e. The van der Waals surface area contributed by atoms with Crippen LogP contribution in [0.4, 0.5) is 0 Å². The molecule has 0 N–H and O–H groups in total. The number of rotatable bonds is 5. The summed E-state index contributed by atoms with van der Waals surface area (Å²) >= 11 is 0. The predicted molar refractivity (Wildman–Crippen MR) is 156 cm³/mol. The molecule has 33 heavy (non-hydrogen) atoms. The van der Waals surface area contributed by atoms with E-state index in [0.29, 0.717) is 0 Å². The Hall–Kier alpha value is -1.03. The molecule has 0 radical (unpaired) electrons. The average Bonchev–Trinajstić information content (AvgIpc) is 2.60. The third-order valence-electron chi connectivity index (χ3n) is 5.59. The van der Waals surface area contributed by atoms with Crippen molar-refractivity contribution in [3.63, 3.8) is 0 Å². The van der Waals surface area contributed by atoms with Crippen LogP contribution in [0.2, 0.25) is 0 Å². The summed E-state index contributed by atoms with van der Waals surface area (Å²) in [7, 11) is -0.713. The fourth-order valence-electron chi connectivity index (χ4n) is 5.36. The Morgan fingerprint density at radius 1 is 0.576 bits per heavy atom. The SMILES string of the molecule is CC(C)(C)P(c1ccccc1C=NCc1ccccc1P(C(C)(C)C)C(C)(C)C)C(C)(C)C. The molecule has 0 fully saturated rings. The third-order valence-corrected chi connectivity index (χ3v) is 12.8. The highest BCUT2D eigenvalue weighted by atomic mass is 31.1. The molecule has 1 nitrogen and oxygen atoms in total. The van der Waals surface area contributed by atoms with Crippen LogP contribution in [0.3, 0.4) is 0 Å². The van der Waals surface area contributed by atoms with Crippen molar-refractivity contribution >= 4 is 32.7 Å². The van der Waals surface area contributed by atoms with Crippen LogP contribution < -0.4 is 10.6 Å². The van der Waals surface area contributed by atoms with E-state index in [2.05, 4.69) is 138 Å². The van der Waals surface area contributed by atoms with Gasteiger partial charge in [-0.3, -0.25) is 4.99 Å². The maximum absolute atomic E-state index is 5.02. The van der Waals surface area contributed by atoms with E-state index in [0.717, 1.165) is 6.54 Å². The van der Waals surface area contributed by atoms with Crippen LogP contribution in [-0.4, -0.2) is 26.8 Å². The van der Waals surface area contributed by atoms with Gasteiger partial charge in [-0.15, -0.1) is 0 Å². The molecule has 0 aromatic heterocycles. The van der Waals surface area contributed by atoms with Crippen molar-refractivity contribution in [3.8, 4) is 0 Å². The van der Waals surface area contributed by atoms with Crippen molar-refractivity contribution in [1.29, 1.82) is 0 Å². The van der Waals surface area contributed by atoms with Crippen LogP contribution in [0.1, 0.15) is 94.2 Å². The molecule has 0 amide bonds. The van der Waals surface area contributed by atoms with Crippen molar-refractivity contribution in [2.45, 2.75) is 110 Å². The Balaban J connectivity index is 2.45. The lowest BCUT2D eigenvalue weighted by Gasteiger charge is -2.42. The van der Waals surface area contributed by atoms with Crippen LogP contribution in [-0.2, 0) is 6.54 Å². The van der Waals surface area contributed by atoms with Gasteiger partial charge in [0.15, 0.2) is 0 Å². The molecule has 0 saturated heterocycles. The van der Waals surface area contributed by atoms with Crippen LogP contribution in [0.15, 0.2) is 53.5 Å². The van der Waals surface area contributed by atoms with E-state index in [1.54, 1.807) is 0 Å². The summed E-state index contributed by atoms with van der Waals surface area (Å²) in [6.07, 6.45) is 2.13. The van der Waals surface area contributed by atoms with Crippen molar-refractivity contribution in [2.24, 2.45) is 4.99 Å². The van der Waals surface area contributed by atoms with Gasteiger partial charge < -0.3 is 0 Å². The summed E-state index contributed by atoms with van der Waals surface area (Å²) in [4.78, 5) is 5.02. The number of hydrogen-bond donors (Lipinski definition) is 0. The Bertz CT molecular complexity index is 919. The molecule has 0 aliphatic heterocycles. The molecule has 0 atom stereocenters. The third kappa shape index (κ3) is 7.47. The summed E-state index contributed by atoms with van der Waals surface area (Å²) < 4.78 is 0. The van der Waals surface area contributed by atoms with E-state index in [4.69, 9.17) is 4.99 Å². The highest BCUT2D eigenvalue weighted by molar-refractivity contribution is 7.69. The van der Waals surface area contributed by atoms with Crippen molar-refractivity contribution in [2.75, 3.05) is 0 Å². The largest absolute Gasteiger partial charge is 0.288 e. The van der Waals surface area contributed by atoms with E-state index in [1.807, 2.05) is 0 Å². The van der Waals surface area contributed by atoms with Gasteiger partial charge in [0.2, 0.25) is 0 Å². The van der Waals surface area contributed by atoms with Gasteiger partial charge in [0.25, 0.3) is 0 Å².